The average molecular weight is 385 g/mol. The number of nitro groups is 1. The minimum absolute atomic E-state index is 0.0106. The summed E-state index contributed by atoms with van der Waals surface area (Å²) in [5.74, 6) is -1.29. The van der Waals surface area contributed by atoms with E-state index in [0.29, 0.717) is 25.1 Å². The number of nitrogens with zero attached hydrogens (tertiary/aromatic N) is 3. The van der Waals surface area contributed by atoms with Gasteiger partial charge in [0.25, 0.3) is 17.5 Å². The minimum atomic E-state index is -0.573. The lowest BCUT2D eigenvalue weighted by atomic mass is 10.1. The first kappa shape index (κ1) is 19.5. The topological polar surface area (TPSA) is 83.8 Å². The van der Waals surface area contributed by atoms with Crippen molar-refractivity contribution >= 4 is 17.5 Å². The van der Waals surface area contributed by atoms with Gasteiger partial charge in [0.2, 0.25) is 0 Å². The lowest BCUT2D eigenvalue weighted by molar-refractivity contribution is -0.385. The summed E-state index contributed by atoms with van der Waals surface area (Å²) in [7, 11) is 0. The van der Waals surface area contributed by atoms with E-state index in [9.17, 15) is 24.1 Å². The molecule has 7 nitrogen and oxygen atoms in total. The van der Waals surface area contributed by atoms with Crippen LogP contribution in [0.25, 0.3) is 0 Å². The Hall–Kier alpha value is -3.29. The molecule has 2 aromatic rings. The number of rotatable bonds is 3. The van der Waals surface area contributed by atoms with Crippen LogP contribution < -0.4 is 0 Å². The van der Waals surface area contributed by atoms with Crippen molar-refractivity contribution in [1.82, 2.24) is 9.80 Å². The van der Waals surface area contributed by atoms with Gasteiger partial charge >= 0.3 is 0 Å². The minimum Gasteiger partial charge on any atom is -0.337 e. The van der Waals surface area contributed by atoms with Gasteiger partial charge in [-0.2, -0.15) is 0 Å². The molecule has 2 amide bonds. The highest BCUT2D eigenvalue weighted by Gasteiger charge is 2.25. The SMILES string of the molecule is Cc1ccc(C(=O)N2CCCN(C(=O)c3ccccc3F)CC2)cc1[N+](=O)[O-]. The van der Waals surface area contributed by atoms with Gasteiger partial charge in [-0.05, 0) is 31.5 Å². The number of nitro benzene ring substituents is 1. The Morgan fingerprint density at radius 3 is 2.29 bits per heavy atom. The van der Waals surface area contributed by atoms with Crippen molar-refractivity contribution in [3.05, 3.63) is 75.1 Å². The van der Waals surface area contributed by atoms with Crippen molar-refractivity contribution in [2.24, 2.45) is 0 Å². The standard InChI is InChI=1S/C20H20FN3O4/c1-14-7-8-15(13-18(14)24(27)28)19(25)22-9-4-10-23(12-11-22)20(26)16-5-2-3-6-17(16)21/h2-3,5-8,13H,4,9-12H2,1H3. The van der Waals surface area contributed by atoms with Crippen molar-refractivity contribution in [1.29, 1.82) is 0 Å². The van der Waals surface area contributed by atoms with Gasteiger partial charge in [-0.3, -0.25) is 19.7 Å². The highest BCUT2D eigenvalue weighted by atomic mass is 19.1. The van der Waals surface area contributed by atoms with Crippen LogP contribution in [0.2, 0.25) is 0 Å². The predicted octanol–water partition coefficient (Wildman–Crippen LogP) is 3.03. The lowest BCUT2D eigenvalue weighted by Gasteiger charge is -2.22. The summed E-state index contributed by atoms with van der Waals surface area (Å²) >= 11 is 0. The molecule has 0 radical (unpaired) electrons. The van der Waals surface area contributed by atoms with Gasteiger partial charge in [-0.15, -0.1) is 0 Å². The normalized spacial score (nSPS) is 14.5. The molecule has 0 saturated carbocycles. The molecule has 3 rings (SSSR count). The van der Waals surface area contributed by atoms with E-state index in [2.05, 4.69) is 0 Å². The Morgan fingerprint density at radius 2 is 1.64 bits per heavy atom. The lowest BCUT2D eigenvalue weighted by Crippen LogP contribution is -2.37. The van der Waals surface area contributed by atoms with E-state index in [0.717, 1.165) is 0 Å². The maximum absolute atomic E-state index is 13.9. The van der Waals surface area contributed by atoms with Crippen LogP contribution in [0.4, 0.5) is 10.1 Å². The Morgan fingerprint density at radius 1 is 1.00 bits per heavy atom. The third-order valence-corrected chi connectivity index (χ3v) is 4.83. The molecular weight excluding hydrogens is 365 g/mol. The van der Waals surface area contributed by atoms with Crippen LogP contribution in [0.15, 0.2) is 42.5 Å². The number of aryl methyl sites for hydroxylation is 1. The number of carbonyl (C=O) groups is 2. The van der Waals surface area contributed by atoms with E-state index in [1.54, 1.807) is 30.0 Å². The molecule has 0 aliphatic carbocycles. The Bertz CT molecular complexity index is 931. The molecule has 1 aliphatic heterocycles. The molecule has 0 N–H and O–H groups in total. The second kappa shape index (κ2) is 8.16. The van der Waals surface area contributed by atoms with Gasteiger partial charge in [0.1, 0.15) is 5.82 Å². The summed E-state index contributed by atoms with van der Waals surface area (Å²) < 4.78 is 13.9. The Labute approximate surface area is 161 Å². The summed E-state index contributed by atoms with van der Waals surface area (Å²) in [6.45, 7) is 2.99. The number of carbonyl (C=O) groups excluding carboxylic acids is 2. The Balaban J connectivity index is 1.72. The second-order valence-corrected chi connectivity index (χ2v) is 6.68. The predicted molar refractivity (Wildman–Crippen MR) is 101 cm³/mol. The smallest absolute Gasteiger partial charge is 0.273 e. The fraction of sp³-hybridized carbons (Fsp3) is 0.300. The molecule has 1 fully saturated rings. The monoisotopic (exact) mass is 385 g/mol. The van der Waals surface area contributed by atoms with E-state index in [1.807, 2.05) is 0 Å². The molecule has 0 spiro atoms. The number of halogens is 1. The number of benzene rings is 2. The third kappa shape index (κ3) is 4.00. The Kier molecular flexibility index (Phi) is 5.67. The first-order valence-electron chi connectivity index (χ1n) is 8.96. The van der Waals surface area contributed by atoms with Gasteiger partial charge in [-0.1, -0.05) is 18.2 Å². The quantitative estimate of drug-likeness (QED) is 0.601. The van der Waals surface area contributed by atoms with Gasteiger partial charge in [0, 0.05) is 43.4 Å². The summed E-state index contributed by atoms with van der Waals surface area (Å²) in [6.07, 6.45) is 0.542. The molecule has 2 aromatic carbocycles. The van der Waals surface area contributed by atoms with Crippen molar-refractivity contribution in [3.8, 4) is 0 Å². The molecule has 28 heavy (non-hydrogen) atoms. The molecule has 0 atom stereocenters. The highest BCUT2D eigenvalue weighted by molar-refractivity contribution is 5.96. The summed E-state index contributed by atoms with van der Waals surface area (Å²) in [6, 6.07) is 10.2. The highest BCUT2D eigenvalue weighted by Crippen LogP contribution is 2.21. The fourth-order valence-corrected chi connectivity index (χ4v) is 3.25. The molecule has 8 heteroatoms. The fourth-order valence-electron chi connectivity index (χ4n) is 3.25. The summed E-state index contributed by atoms with van der Waals surface area (Å²) in [4.78, 5) is 39.1. The van der Waals surface area contributed by atoms with E-state index in [1.165, 1.54) is 29.2 Å². The van der Waals surface area contributed by atoms with Gasteiger partial charge in [-0.25, -0.2) is 4.39 Å². The van der Waals surface area contributed by atoms with Crippen molar-refractivity contribution < 1.29 is 18.9 Å². The zero-order valence-electron chi connectivity index (χ0n) is 15.4. The molecule has 1 aliphatic rings. The van der Waals surface area contributed by atoms with Gasteiger partial charge < -0.3 is 9.80 Å². The molecule has 1 heterocycles. The zero-order chi connectivity index (χ0) is 20.3. The molecule has 0 unspecified atom stereocenters. The number of amides is 2. The molecular formula is C20H20FN3O4. The first-order valence-corrected chi connectivity index (χ1v) is 8.96. The van der Waals surface area contributed by atoms with Crippen LogP contribution in [0, 0.1) is 22.9 Å². The maximum atomic E-state index is 13.9. The van der Waals surface area contributed by atoms with Crippen LogP contribution in [-0.4, -0.2) is 52.7 Å². The van der Waals surface area contributed by atoms with Crippen LogP contribution in [0.1, 0.15) is 32.7 Å². The molecule has 0 aromatic heterocycles. The van der Waals surface area contributed by atoms with E-state index in [4.69, 9.17) is 0 Å². The zero-order valence-corrected chi connectivity index (χ0v) is 15.4. The van der Waals surface area contributed by atoms with Gasteiger partial charge in [0.05, 0.1) is 10.5 Å². The third-order valence-electron chi connectivity index (χ3n) is 4.83. The largest absolute Gasteiger partial charge is 0.337 e. The first-order chi connectivity index (χ1) is 13.4. The van der Waals surface area contributed by atoms with E-state index < -0.39 is 16.6 Å². The molecule has 1 saturated heterocycles. The average Bonchev–Trinajstić information content (AvgIpc) is 2.93. The van der Waals surface area contributed by atoms with Crippen LogP contribution in [0.5, 0.6) is 0 Å². The summed E-state index contributed by atoms with van der Waals surface area (Å²) in [5.41, 5.74) is 0.638. The maximum Gasteiger partial charge on any atom is 0.273 e. The van der Waals surface area contributed by atoms with Crippen LogP contribution in [0.3, 0.4) is 0 Å². The van der Waals surface area contributed by atoms with Crippen molar-refractivity contribution in [2.45, 2.75) is 13.3 Å². The number of hydrogen-bond donors (Lipinski definition) is 0. The van der Waals surface area contributed by atoms with Crippen LogP contribution in [-0.2, 0) is 0 Å². The number of hydrogen-bond acceptors (Lipinski definition) is 4. The van der Waals surface area contributed by atoms with Crippen molar-refractivity contribution in [3.63, 3.8) is 0 Å². The van der Waals surface area contributed by atoms with E-state index >= 15 is 0 Å². The van der Waals surface area contributed by atoms with Crippen LogP contribution >= 0.6 is 0 Å². The van der Waals surface area contributed by atoms with Gasteiger partial charge in [0.15, 0.2) is 0 Å². The summed E-state index contributed by atoms with van der Waals surface area (Å²) in [5, 5.41) is 11.1. The van der Waals surface area contributed by atoms with Crippen molar-refractivity contribution in [2.75, 3.05) is 26.2 Å². The molecule has 146 valence electrons. The van der Waals surface area contributed by atoms with E-state index in [-0.39, 0.29) is 35.8 Å². The second-order valence-electron chi connectivity index (χ2n) is 6.68. The molecule has 0 bridgehead atoms.